The number of anilines is 1. The standard InChI is InChI=1S/C17H27ClN2/c1-3-10-19-12-15-16(18)6-5-7-17(15)20(11-4-2)13-14-8-9-14/h5-7,14,19H,3-4,8-13H2,1-2H3. The van der Waals surface area contributed by atoms with Crippen LogP contribution in [0.15, 0.2) is 18.2 Å². The molecular weight excluding hydrogens is 268 g/mol. The Kier molecular flexibility index (Phi) is 6.18. The molecule has 2 rings (SSSR count). The molecule has 0 aliphatic heterocycles. The van der Waals surface area contributed by atoms with Crippen LogP contribution in [0.3, 0.4) is 0 Å². The number of halogens is 1. The molecule has 0 amide bonds. The minimum absolute atomic E-state index is 0.869. The van der Waals surface area contributed by atoms with Crippen LogP contribution in [0.25, 0.3) is 0 Å². The third kappa shape index (κ3) is 4.39. The van der Waals surface area contributed by atoms with E-state index in [4.69, 9.17) is 11.6 Å². The zero-order valence-electron chi connectivity index (χ0n) is 12.8. The fourth-order valence-electron chi connectivity index (χ4n) is 2.60. The summed E-state index contributed by atoms with van der Waals surface area (Å²) in [5.41, 5.74) is 2.59. The average Bonchev–Trinajstić information content (AvgIpc) is 3.24. The molecule has 1 aliphatic carbocycles. The lowest BCUT2D eigenvalue weighted by Gasteiger charge is -2.27. The minimum Gasteiger partial charge on any atom is -0.371 e. The lowest BCUT2D eigenvalue weighted by molar-refractivity contribution is 0.664. The molecule has 0 radical (unpaired) electrons. The van der Waals surface area contributed by atoms with Crippen molar-refractivity contribution < 1.29 is 0 Å². The van der Waals surface area contributed by atoms with Crippen LogP contribution >= 0.6 is 11.6 Å². The quantitative estimate of drug-likeness (QED) is 0.676. The second kappa shape index (κ2) is 7.90. The van der Waals surface area contributed by atoms with Gasteiger partial charge in [-0.05, 0) is 50.3 Å². The maximum atomic E-state index is 6.44. The van der Waals surface area contributed by atoms with Gasteiger partial charge in [-0.2, -0.15) is 0 Å². The van der Waals surface area contributed by atoms with Crippen molar-refractivity contribution in [1.82, 2.24) is 5.32 Å². The van der Waals surface area contributed by atoms with Crippen molar-refractivity contribution >= 4 is 17.3 Å². The molecule has 3 heteroatoms. The molecule has 1 saturated carbocycles. The van der Waals surface area contributed by atoms with Gasteiger partial charge < -0.3 is 10.2 Å². The molecule has 1 aromatic rings. The van der Waals surface area contributed by atoms with Crippen LogP contribution in [0.4, 0.5) is 5.69 Å². The molecule has 0 saturated heterocycles. The highest BCUT2D eigenvalue weighted by atomic mass is 35.5. The van der Waals surface area contributed by atoms with Crippen molar-refractivity contribution in [3.8, 4) is 0 Å². The van der Waals surface area contributed by atoms with E-state index in [0.717, 1.165) is 37.0 Å². The molecule has 20 heavy (non-hydrogen) atoms. The monoisotopic (exact) mass is 294 g/mol. The molecule has 2 nitrogen and oxygen atoms in total. The summed E-state index contributed by atoms with van der Waals surface area (Å²) in [5.74, 6) is 0.900. The number of nitrogens with zero attached hydrogens (tertiary/aromatic N) is 1. The highest BCUT2D eigenvalue weighted by molar-refractivity contribution is 6.31. The van der Waals surface area contributed by atoms with Gasteiger partial charge in [0.25, 0.3) is 0 Å². The Morgan fingerprint density at radius 2 is 2.05 bits per heavy atom. The van der Waals surface area contributed by atoms with E-state index in [1.54, 1.807) is 0 Å². The van der Waals surface area contributed by atoms with Gasteiger partial charge in [0.1, 0.15) is 0 Å². The molecule has 0 heterocycles. The van der Waals surface area contributed by atoms with Crippen LogP contribution in [0.1, 0.15) is 45.1 Å². The van der Waals surface area contributed by atoms with E-state index >= 15 is 0 Å². The number of hydrogen-bond donors (Lipinski definition) is 1. The van der Waals surface area contributed by atoms with Crippen LogP contribution in [0.2, 0.25) is 5.02 Å². The van der Waals surface area contributed by atoms with E-state index < -0.39 is 0 Å². The molecule has 0 unspecified atom stereocenters. The molecule has 0 atom stereocenters. The zero-order valence-corrected chi connectivity index (χ0v) is 13.5. The average molecular weight is 295 g/mol. The van der Waals surface area contributed by atoms with E-state index in [1.165, 1.54) is 37.1 Å². The lowest BCUT2D eigenvalue weighted by Crippen LogP contribution is -2.28. The summed E-state index contributed by atoms with van der Waals surface area (Å²) in [5, 5.41) is 4.38. The van der Waals surface area contributed by atoms with Gasteiger partial charge in [0.15, 0.2) is 0 Å². The number of nitrogens with one attached hydrogen (secondary N) is 1. The third-order valence-electron chi connectivity index (χ3n) is 3.83. The largest absolute Gasteiger partial charge is 0.371 e. The smallest absolute Gasteiger partial charge is 0.0471 e. The molecule has 0 spiro atoms. The van der Waals surface area contributed by atoms with E-state index in [-0.39, 0.29) is 0 Å². The Balaban J connectivity index is 2.15. The number of hydrogen-bond acceptors (Lipinski definition) is 2. The van der Waals surface area contributed by atoms with E-state index in [2.05, 4.69) is 36.2 Å². The Labute approximate surface area is 128 Å². The second-order valence-corrected chi connectivity index (χ2v) is 6.21. The van der Waals surface area contributed by atoms with Gasteiger partial charge in [-0.1, -0.05) is 31.5 Å². The first-order valence-corrected chi connectivity index (χ1v) is 8.37. The maximum Gasteiger partial charge on any atom is 0.0471 e. The Morgan fingerprint density at radius 3 is 2.70 bits per heavy atom. The predicted molar refractivity (Wildman–Crippen MR) is 88.7 cm³/mol. The van der Waals surface area contributed by atoms with Crippen molar-refractivity contribution in [3.05, 3.63) is 28.8 Å². The first kappa shape index (κ1) is 15.7. The SMILES string of the molecule is CCCNCc1c(Cl)cccc1N(CCC)CC1CC1. The van der Waals surface area contributed by atoms with Crippen molar-refractivity contribution in [3.63, 3.8) is 0 Å². The predicted octanol–water partition coefficient (Wildman–Crippen LogP) is 4.47. The van der Waals surface area contributed by atoms with Crippen molar-refractivity contribution in [2.45, 2.75) is 46.1 Å². The minimum atomic E-state index is 0.869. The second-order valence-electron chi connectivity index (χ2n) is 5.80. The highest BCUT2D eigenvalue weighted by Crippen LogP contribution is 2.34. The molecule has 1 N–H and O–H groups in total. The maximum absolute atomic E-state index is 6.44. The number of benzene rings is 1. The topological polar surface area (TPSA) is 15.3 Å². The lowest BCUT2D eigenvalue weighted by atomic mass is 10.1. The molecule has 1 aliphatic rings. The van der Waals surface area contributed by atoms with Gasteiger partial charge >= 0.3 is 0 Å². The van der Waals surface area contributed by atoms with Gasteiger partial charge in [-0.15, -0.1) is 0 Å². The summed E-state index contributed by atoms with van der Waals surface area (Å²) < 4.78 is 0. The van der Waals surface area contributed by atoms with Crippen molar-refractivity contribution in [1.29, 1.82) is 0 Å². The van der Waals surface area contributed by atoms with E-state index in [9.17, 15) is 0 Å². The molecule has 0 aromatic heterocycles. The van der Waals surface area contributed by atoms with Gasteiger partial charge in [0.2, 0.25) is 0 Å². The summed E-state index contributed by atoms with van der Waals surface area (Å²) in [6.07, 6.45) is 5.12. The van der Waals surface area contributed by atoms with Crippen LogP contribution < -0.4 is 10.2 Å². The van der Waals surface area contributed by atoms with Gasteiger partial charge in [-0.25, -0.2) is 0 Å². The third-order valence-corrected chi connectivity index (χ3v) is 4.19. The summed E-state index contributed by atoms with van der Waals surface area (Å²) in [7, 11) is 0. The van der Waals surface area contributed by atoms with Gasteiger partial charge in [0.05, 0.1) is 0 Å². The molecular formula is C17H27ClN2. The fourth-order valence-corrected chi connectivity index (χ4v) is 2.84. The molecule has 112 valence electrons. The molecule has 1 fully saturated rings. The van der Waals surface area contributed by atoms with Gasteiger partial charge in [0, 0.05) is 35.9 Å². The zero-order chi connectivity index (χ0) is 14.4. The Bertz CT molecular complexity index is 415. The summed E-state index contributed by atoms with van der Waals surface area (Å²) in [6, 6.07) is 6.32. The Hall–Kier alpha value is -0.730. The highest BCUT2D eigenvalue weighted by Gasteiger charge is 2.25. The van der Waals surface area contributed by atoms with Crippen molar-refractivity contribution in [2.75, 3.05) is 24.5 Å². The summed E-state index contributed by atoms with van der Waals surface area (Å²) >= 11 is 6.44. The van der Waals surface area contributed by atoms with E-state index in [0.29, 0.717) is 0 Å². The summed E-state index contributed by atoms with van der Waals surface area (Å²) in [6.45, 7) is 8.66. The molecule has 0 bridgehead atoms. The first-order chi connectivity index (χ1) is 9.76. The van der Waals surface area contributed by atoms with Crippen LogP contribution in [-0.4, -0.2) is 19.6 Å². The van der Waals surface area contributed by atoms with Gasteiger partial charge in [-0.3, -0.25) is 0 Å². The first-order valence-electron chi connectivity index (χ1n) is 7.99. The van der Waals surface area contributed by atoms with Crippen LogP contribution in [0.5, 0.6) is 0 Å². The van der Waals surface area contributed by atoms with Crippen molar-refractivity contribution in [2.24, 2.45) is 5.92 Å². The Morgan fingerprint density at radius 1 is 1.25 bits per heavy atom. The van der Waals surface area contributed by atoms with Crippen LogP contribution in [0, 0.1) is 5.92 Å². The summed E-state index contributed by atoms with van der Waals surface area (Å²) in [4.78, 5) is 2.53. The van der Waals surface area contributed by atoms with E-state index in [1.807, 2.05) is 6.07 Å². The molecule has 1 aromatic carbocycles. The van der Waals surface area contributed by atoms with Crippen LogP contribution in [-0.2, 0) is 6.54 Å². The fraction of sp³-hybridized carbons (Fsp3) is 0.647. The number of rotatable bonds is 9. The normalized spacial score (nSPS) is 14.6.